The van der Waals surface area contributed by atoms with Gasteiger partial charge in [0.05, 0.1) is 17.7 Å². The van der Waals surface area contributed by atoms with Crippen LogP contribution in [0.25, 0.3) is 22.6 Å². The number of nitrogens with zero attached hydrogens (tertiary/aromatic N) is 6. The van der Waals surface area contributed by atoms with Crippen molar-refractivity contribution in [2.75, 3.05) is 31.2 Å². The van der Waals surface area contributed by atoms with E-state index in [9.17, 15) is 0 Å². The summed E-state index contributed by atoms with van der Waals surface area (Å²) in [4.78, 5) is 16.5. The topological polar surface area (TPSA) is 69.0 Å². The zero-order valence-electron chi connectivity index (χ0n) is 16.2. The fourth-order valence-corrected chi connectivity index (χ4v) is 3.71. The van der Waals surface area contributed by atoms with Crippen molar-refractivity contribution in [1.82, 2.24) is 24.7 Å². The number of hydrogen-bond acceptors (Lipinski definition) is 6. The number of anilines is 1. The highest BCUT2D eigenvalue weighted by molar-refractivity contribution is 5.91. The van der Waals surface area contributed by atoms with E-state index in [0.29, 0.717) is 11.7 Å². The Labute approximate surface area is 159 Å². The van der Waals surface area contributed by atoms with Gasteiger partial charge >= 0.3 is 0 Å². The second kappa shape index (κ2) is 7.60. The van der Waals surface area contributed by atoms with Gasteiger partial charge in [-0.25, -0.2) is 9.97 Å². The molecule has 0 N–H and O–H groups in total. The number of pyridine rings is 1. The van der Waals surface area contributed by atoms with Crippen molar-refractivity contribution in [2.24, 2.45) is 13.0 Å². The first kappa shape index (κ1) is 17.9. The summed E-state index contributed by atoms with van der Waals surface area (Å²) in [6, 6.07) is 5.80. The first-order valence-electron chi connectivity index (χ1n) is 9.62. The Morgan fingerprint density at radius 1 is 1.26 bits per heavy atom. The molecular formula is C20H26N6O. The Morgan fingerprint density at radius 2 is 2.15 bits per heavy atom. The molecule has 1 unspecified atom stereocenters. The van der Waals surface area contributed by atoms with Gasteiger partial charge in [-0.05, 0) is 31.9 Å². The molecular weight excluding hydrogens is 340 g/mol. The Morgan fingerprint density at radius 3 is 2.93 bits per heavy atom. The van der Waals surface area contributed by atoms with Crippen LogP contribution in [-0.2, 0) is 11.8 Å². The van der Waals surface area contributed by atoms with E-state index >= 15 is 0 Å². The molecule has 0 spiro atoms. The lowest BCUT2D eigenvalue weighted by molar-refractivity contribution is 0.106. The standard InChI is InChI=1S/C20H26N6O/c1-4-11-27-13-15-8-10-26(12-15)20-17-14(2)24-25(3)19(17)22-18(23-20)16-7-5-6-9-21-16/h5-7,9,15H,4,8,10-13H2,1-3H3. The Kier molecular flexibility index (Phi) is 5.03. The number of ether oxygens (including phenoxy) is 1. The predicted molar refractivity (Wildman–Crippen MR) is 106 cm³/mol. The minimum atomic E-state index is 0.539. The molecule has 0 bridgehead atoms. The molecule has 1 aliphatic heterocycles. The molecule has 3 aromatic heterocycles. The van der Waals surface area contributed by atoms with Crippen LogP contribution < -0.4 is 4.90 Å². The summed E-state index contributed by atoms with van der Waals surface area (Å²) in [5, 5.41) is 5.61. The molecule has 0 saturated carbocycles. The Balaban J connectivity index is 1.71. The first-order chi connectivity index (χ1) is 13.2. The lowest BCUT2D eigenvalue weighted by Gasteiger charge is -2.19. The second-order valence-electron chi connectivity index (χ2n) is 7.17. The van der Waals surface area contributed by atoms with Gasteiger partial charge in [-0.1, -0.05) is 13.0 Å². The Hall–Kier alpha value is -2.54. The van der Waals surface area contributed by atoms with Crippen molar-refractivity contribution in [1.29, 1.82) is 0 Å². The number of fused-ring (bicyclic) bond motifs is 1. The minimum absolute atomic E-state index is 0.539. The molecule has 0 amide bonds. The molecule has 1 fully saturated rings. The van der Waals surface area contributed by atoms with Crippen LogP contribution in [0.5, 0.6) is 0 Å². The SMILES string of the molecule is CCCOCC1CCN(c2nc(-c3ccccn3)nc3c2c(C)nn3C)C1. The predicted octanol–water partition coefficient (Wildman–Crippen LogP) is 2.99. The summed E-state index contributed by atoms with van der Waals surface area (Å²) >= 11 is 0. The number of aromatic nitrogens is 5. The molecule has 7 heteroatoms. The van der Waals surface area contributed by atoms with Gasteiger partial charge in [-0.15, -0.1) is 0 Å². The molecule has 0 aromatic carbocycles. The normalized spacial score (nSPS) is 17.1. The van der Waals surface area contributed by atoms with Gasteiger partial charge in [-0.3, -0.25) is 9.67 Å². The lowest BCUT2D eigenvalue weighted by Crippen LogP contribution is -2.23. The van der Waals surface area contributed by atoms with Gasteiger partial charge in [0.1, 0.15) is 11.5 Å². The van der Waals surface area contributed by atoms with Crippen molar-refractivity contribution in [2.45, 2.75) is 26.7 Å². The molecule has 4 rings (SSSR count). The van der Waals surface area contributed by atoms with E-state index in [0.717, 1.165) is 67.4 Å². The summed E-state index contributed by atoms with van der Waals surface area (Å²) in [5.74, 6) is 2.15. The van der Waals surface area contributed by atoms with E-state index in [1.54, 1.807) is 6.20 Å². The molecule has 142 valence electrons. The summed E-state index contributed by atoms with van der Waals surface area (Å²) in [6.07, 6.45) is 3.95. The Bertz CT molecular complexity index is 923. The van der Waals surface area contributed by atoms with Gasteiger partial charge in [-0.2, -0.15) is 5.10 Å². The van der Waals surface area contributed by atoms with Gasteiger partial charge in [0.25, 0.3) is 0 Å². The summed E-state index contributed by atoms with van der Waals surface area (Å²) in [5.41, 5.74) is 2.59. The van der Waals surface area contributed by atoms with Gasteiger partial charge in [0.2, 0.25) is 0 Å². The molecule has 27 heavy (non-hydrogen) atoms. The minimum Gasteiger partial charge on any atom is -0.381 e. The number of aryl methyl sites for hydroxylation is 2. The van der Waals surface area contributed by atoms with E-state index < -0.39 is 0 Å². The van der Waals surface area contributed by atoms with E-state index in [4.69, 9.17) is 14.7 Å². The molecule has 0 aliphatic carbocycles. The first-order valence-corrected chi connectivity index (χ1v) is 9.62. The third-order valence-electron chi connectivity index (χ3n) is 5.02. The van der Waals surface area contributed by atoms with Crippen LogP contribution in [0.2, 0.25) is 0 Å². The van der Waals surface area contributed by atoms with E-state index in [1.165, 1.54) is 0 Å². The maximum absolute atomic E-state index is 5.77. The summed E-state index contributed by atoms with van der Waals surface area (Å²) < 4.78 is 7.61. The lowest BCUT2D eigenvalue weighted by atomic mass is 10.1. The van der Waals surface area contributed by atoms with Crippen molar-refractivity contribution in [3.8, 4) is 11.5 Å². The van der Waals surface area contributed by atoms with Crippen LogP contribution in [0.15, 0.2) is 24.4 Å². The molecule has 1 aliphatic rings. The van der Waals surface area contributed by atoms with E-state index in [-0.39, 0.29) is 0 Å². The highest BCUT2D eigenvalue weighted by Crippen LogP contribution is 2.32. The quantitative estimate of drug-likeness (QED) is 0.625. The highest BCUT2D eigenvalue weighted by atomic mass is 16.5. The highest BCUT2D eigenvalue weighted by Gasteiger charge is 2.27. The molecule has 4 heterocycles. The van der Waals surface area contributed by atoms with E-state index in [2.05, 4.69) is 21.9 Å². The van der Waals surface area contributed by atoms with Crippen LogP contribution in [0.1, 0.15) is 25.5 Å². The molecule has 0 radical (unpaired) electrons. The maximum atomic E-state index is 5.77. The van der Waals surface area contributed by atoms with Crippen molar-refractivity contribution < 1.29 is 4.74 Å². The average molecular weight is 366 g/mol. The second-order valence-corrected chi connectivity index (χ2v) is 7.17. The average Bonchev–Trinajstić information content (AvgIpc) is 3.27. The van der Waals surface area contributed by atoms with E-state index in [1.807, 2.05) is 36.9 Å². The zero-order chi connectivity index (χ0) is 18.8. The van der Waals surface area contributed by atoms with Crippen LogP contribution in [-0.4, -0.2) is 51.0 Å². The summed E-state index contributed by atoms with van der Waals surface area (Å²) in [7, 11) is 1.93. The van der Waals surface area contributed by atoms with Gasteiger partial charge in [0, 0.05) is 38.9 Å². The zero-order valence-corrected chi connectivity index (χ0v) is 16.2. The smallest absolute Gasteiger partial charge is 0.182 e. The third-order valence-corrected chi connectivity index (χ3v) is 5.02. The molecule has 7 nitrogen and oxygen atoms in total. The van der Waals surface area contributed by atoms with Crippen LogP contribution >= 0.6 is 0 Å². The van der Waals surface area contributed by atoms with Gasteiger partial charge < -0.3 is 9.64 Å². The fourth-order valence-electron chi connectivity index (χ4n) is 3.71. The molecule has 1 atom stereocenters. The fraction of sp³-hybridized carbons (Fsp3) is 0.500. The monoisotopic (exact) mass is 366 g/mol. The van der Waals surface area contributed by atoms with Crippen molar-refractivity contribution in [3.63, 3.8) is 0 Å². The van der Waals surface area contributed by atoms with Crippen molar-refractivity contribution in [3.05, 3.63) is 30.1 Å². The van der Waals surface area contributed by atoms with Crippen LogP contribution in [0.4, 0.5) is 5.82 Å². The maximum Gasteiger partial charge on any atom is 0.182 e. The van der Waals surface area contributed by atoms with Gasteiger partial charge in [0.15, 0.2) is 11.5 Å². The third kappa shape index (κ3) is 3.51. The van der Waals surface area contributed by atoms with Crippen LogP contribution in [0, 0.1) is 12.8 Å². The molecule has 1 saturated heterocycles. The molecule has 3 aromatic rings. The van der Waals surface area contributed by atoms with Crippen LogP contribution in [0.3, 0.4) is 0 Å². The number of rotatable bonds is 6. The summed E-state index contributed by atoms with van der Waals surface area (Å²) in [6.45, 7) is 7.74. The number of hydrogen-bond donors (Lipinski definition) is 0. The van der Waals surface area contributed by atoms with Crippen molar-refractivity contribution >= 4 is 16.9 Å². The largest absolute Gasteiger partial charge is 0.381 e.